The van der Waals surface area contributed by atoms with Gasteiger partial charge in [0.2, 0.25) is 5.91 Å². The van der Waals surface area contributed by atoms with E-state index < -0.39 is 0 Å². The monoisotopic (exact) mass is 214 g/mol. The van der Waals surface area contributed by atoms with E-state index in [1.54, 1.807) is 0 Å². The molecule has 3 nitrogen and oxygen atoms in total. The maximum absolute atomic E-state index is 11.8. The second-order valence-electron chi connectivity index (χ2n) is 4.67. The highest BCUT2D eigenvalue weighted by atomic mass is 16.2. The van der Waals surface area contributed by atoms with Gasteiger partial charge in [-0.05, 0) is 25.7 Å². The third kappa shape index (κ3) is 4.20. The number of nitrogens with two attached hydrogens (primary N) is 1. The molecule has 0 spiro atoms. The Morgan fingerprint density at radius 3 is 2.13 bits per heavy atom. The van der Waals surface area contributed by atoms with Crippen molar-refractivity contribution in [2.75, 3.05) is 0 Å². The fourth-order valence-electron chi connectivity index (χ4n) is 1.32. The number of hydrogen-bond donors (Lipinski definition) is 2. The smallest absolute Gasteiger partial charge is 0.237 e. The average molecular weight is 214 g/mol. The molecule has 0 heterocycles. The molecule has 15 heavy (non-hydrogen) atoms. The third-order valence-corrected chi connectivity index (χ3v) is 3.55. The van der Waals surface area contributed by atoms with Crippen molar-refractivity contribution >= 4 is 5.91 Å². The van der Waals surface area contributed by atoms with Gasteiger partial charge in [0.15, 0.2) is 0 Å². The summed E-state index contributed by atoms with van der Waals surface area (Å²) in [6.07, 6.45) is 2.80. The van der Waals surface area contributed by atoms with Crippen LogP contribution in [0.1, 0.15) is 53.9 Å². The molecule has 0 aromatic rings. The van der Waals surface area contributed by atoms with Crippen LogP contribution in [0.3, 0.4) is 0 Å². The largest absolute Gasteiger partial charge is 0.350 e. The maximum atomic E-state index is 11.8. The molecule has 3 heteroatoms. The van der Waals surface area contributed by atoms with E-state index in [1.165, 1.54) is 0 Å². The van der Waals surface area contributed by atoms with Crippen LogP contribution in [-0.4, -0.2) is 17.5 Å². The number of carbonyl (C=O) groups excluding carboxylic acids is 1. The maximum Gasteiger partial charge on any atom is 0.237 e. The number of rotatable bonds is 6. The lowest BCUT2D eigenvalue weighted by atomic mass is 9.93. The molecule has 0 fully saturated rings. The van der Waals surface area contributed by atoms with E-state index in [0.717, 1.165) is 19.3 Å². The lowest BCUT2D eigenvalue weighted by Crippen LogP contribution is -2.53. The van der Waals surface area contributed by atoms with Crippen LogP contribution in [0.5, 0.6) is 0 Å². The summed E-state index contributed by atoms with van der Waals surface area (Å²) in [5, 5.41) is 3.04. The Balaban J connectivity index is 4.35. The highest BCUT2D eigenvalue weighted by Crippen LogP contribution is 2.15. The van der Waals surface area contributed by atoms with Crippen molar-refractivity contribution in [3.05, 3.63) is 0 Å². The standard InChI is InChI=1S/C12H26N2O/c1-6-9(4)10(13)11(15)14-12(5,7-2)8-3/h9-10H,6-8,13H2,1-5H3,(H,14,15)/t9?,10-/m0/s1. The summed E-state index contributed by atoms with van der Waals surface area (Å²) < 4.78 is 0. The molecule has 0 aliphatic carbocycles. The Morgan fingerprint density at radius 2 is 1.80 bits per heavy atom. The van der Waals surface area contributed by atoms with Crippen LogP contribution in [0, 0.1) is 5.92 Å². The molecule has 3 N–H and O–H groups in total. The zero-order valence-electron chi connectivity index (χ0n) is 10.8. The van der Waals surface area contributed by atoms with E-state index in [1.807, 2.05) is 6.92 Å². The van der Waals surface area contributed by atoms with E-state index in [4.69, 9.17) is 5.73 Å². The van der Waals surface area contributed by atoms with Gasteiger partial charge in [-0.15, -0.1) is 0 Å². The summed E-state index contributed by atoms with van der Waals surface area (Å²) in [6, 6.07) is -0.382. The predicted octanol–water partition coefficient (Wildman–Crippen LogP) is 2.05. The van der Waals surface area contributed by atoms with E-state index >= 15 is 0 Å². The molecule has 0 aromatic heterocycles. The van der Waals surface area contributed by atoms with Crippen LogP contribution >= 0.6 is 0 Å². The molecule has 0 aliphatic heterocycles. The van der Waals surface area contributed by atoms with Crippen LogP contribution in [0.4, 0.5) is 0 Å². The van der Waals surface area contributed by atoms with Crippen LogP contribution in [-0.2, 0) is 4.79 Å². The molecule has 90 valence electrons. The van der Waals surface area contributed by atoms with Crippen molar-refractivity contribution in [3.8, 4) is 0 Å². The van der Waals surface area contributed by atoms with Crippen molar-refractivity contribution in [3.63, 3.8) is 0 Å². The van der Waals surface area contributed by atoms with Gasteiger partial charge in [-0.3, -0.25) is 4.79 Å². The average Bonchev–Trinajstić information content (AvgIpc) is 2.26. The van der Waals surface area contributed by atoms with Gasteiger partial charge >= 0.3 is 0 Å². The molecule has 0 aromatic carbocycles. The van der Waals surface area contributed by atoms with E-state index in [-0.39, 0.29) is 23.4 Å². The topological polar surface area (TPSA) is 55.1 Å². The Bertz CT molecular complexity index is 200. The molecule has 1 amide bonds. The van der Waals surface area contributed by atoms with Crippen LogP contribution in [0.25, 0.3) is 0 Å². The summed E-state index contributed by atoms with van der Waals surface area (Å²) in [7, 11) is 0. The molecule has 2 atom stereocenters. The van der Waals surface area contributed by atoms with Crippen molar-refractivity contribution in [2.45, 2.75) is 65.5 Å². The quantitative estimate of drug-likeness (QED) is 0.711. The van der Waals surface area contributed by atoms with Gasteiger partial charge in [0, 0.05) is 5.54 Å². The van der Waals surface area contributed by atoms with Crippen molar-refractivity contribution in [2.24, 2.45) is 11.7 Å². The molecular formula is C12H26N2O. The first-order valence-electron chi connectivity index (χ1n) is 5.97. The summed E-state index contributed by atoms with van der Waals surface area (Å²) in [4.78, 5) is 11.8. The van der Waals surface area contributed by atoms with Crippen LogP contribution in [0.15, 0.2) is 0 Å². The Kier molecular flexibility index (Phi) is 5.88. The third-order valence-electron chi connectivity index (χ3n) is 3.55. The second-order valence-corrected chi connectivity index (χ2v) is 4.67. The van der Waals surface area contributed by atoms with E-state index in [9.17, 15) is 4.79 Å². The molecule has 0 saturated heterocycles. The van der Waals surface area contributed by atoms with E-state index in [2.05, 4.69) is 33.0 Å². The minimum Gasteiger partial charge on any atom is -0.350 e. The van der Waals surface area contributed by atoms with E-state index in [0.29, 0.717) is 0 Å². The Labute approximate surface area is 93.8 Å². The van der Waals surface area contributed by atoms with Crippen molar-refractivity contribution in [1.29, 1.82) is 0 Å². The summed E-state index contributed by atoms with van der Waals surface area (Å²) in [5.74, 6) is 0.221. The summed E-state index contributed by atoms with van der Waals surface area (Å²) in [5.41, 5.74) is 5.77. The lowest BCUT2D eigenvalue weighted by Gasteiger charge is -2.30. The van der Waals surface area contributed by atoms with Gasteiger partial charge in [0.1, 0.15) is 0 Å². The predicted molar refractivity (Wildman–Crippen MR) is 64.6 cm³/mol. The van der Waals surface area contributed by atoms with Gasteiger partial charge in [-0.25, -0.2) is 0 Å². The summed E-state index contributed by atoms with van der Waals surface area (Å²) >= 11 is 0. The zero-order valence-corrected chi connectivity index (χ0v) is 10.8. The summed E-state index contributed by atoms with van der Waals surface area (Å²) in [6.45, 7) is 10.3. The second kappa shape index (κ2) is 6.11. The van der Waals surface area contributed by atoms with Gasteiger partial charge in [-0.2, -0.15) is 0 Å². The van der Waals surface area contributed by atoms with Gasteiger partial charge in [0.05, 0.1) is 6.04 Å². The van der Waals surface area contributed by atoms with Gasteiger partial charge < -0.3 is 11.1 Å². The normalized spacial score (nSPS) is 15.9. The molecule has 0 bridgehead atoms. The Hall–Kier alpha value is -0.570. The van der Waals surface area contributed by atoms with Gasteiger partial charge in [-0.1, -0.05) is 34.1 Å². The number of hydrogen-bond acceptors (Lipinski definition) is 2. The Morgan fingerprint density at radius 1 is 1.33 bits per heavy atom. The number of nitrogens with one attached hydrogen (secondary N) is 1. The first-order valence-corrected chi connectivity index (χ1v) is 5.97. The molecule has 0 radical (unpaired) electrons. The fraction of sp³-hybridized carbons (Fsp3) is 0.917. The zero-order chi connectivity index (χ0) is 12.1. The molecule has 0 saturated carbocycles. The van der Waals surface area contributed by atoms with Gasteiger partial charge in [0.25, 0.3) is 0 Å². The SMILES string of the molecule is CCC(C)[C@H](N)C(=O)NC(C)(CC)CC. The first-order chi connectivity index (χ1) is 6.90. The minimum absolute atomic E-state index is 0.0180. The number of carbonyl (C=O) groups is 1. The molecule has 0 rings (SSSR count). The fourth-order valence-corrected chi connectivity index (χ4v) is 1.32. The highest BCUT2D eigenvalue weighted by molar-refractivity contribution is 5.82. The number of amides is 1. The first kappa shape index (κ1) is 14.4. The molecular weight excluding hydrogens is 188 g/mol. The molecule has 1 unspecified atom stereocenters. The van der Waals surface area contributed by atoms with Crippen molar-refractivity contribution < 1.29 is 4.79 Å². The van der Waals surface area contributed by atoms with Crippen LogP contribution < -0.4 is 11.1 Å². The van der Waals surface area contributed by atoms with Crippen molar-refractivity contribution in [1.82, 2.24) is 5.32 Å². The van der Waals surface area contributed by atoms with Crippen LogP contribution in [0.2, 0.25) is 0 Å². The molecule has 0 aliphatic rings. The minimum atomic E-state index is -0.382. The highest BCUT2D eigenvalue weighted by Gasteiger charge is 2.26. The lowest BCUT2D eigenvalue weighted by molar-refractivity contribution is -0.125.